The minimum absolute atomic E-state index is 0.0863. The minimum atomic E-state index is -0.563. The predicted octanol–water partition coefficient (Wildman–Crippen LogP) is 16.9. The van der Waals surface area contributed by atoms with E-state index in [2.05, 4.69) is 266 Å². The van der Waals surface area contributed by atoms with Crippen molar-refractivity contribution in [1.82, 2.24) is 0 Å². The zero-order valence-corrected chi connectivity index (χ0v) is 37.0. The molecule has 0 N–H and O–H groups in total. The molecule has 0 saturated carbocycles. The summed E-state index contributed by atoms with van der Waals surface area (Å²) in [7, 11) is 0. The van der Waals surface area contributed by atoms with Crippen LogP contribution in [0.25, 0.3) is 44.5 Å². The lowest BCUT2D eigenvalue weighted by atomic mass is 9.70. The van der Waals surface area contributed by atoms with Crippen LogP contribution in [0.4, 0.5) is 34.1 Å². The van der Waals surface area contributed by atoms with Crippen molar-refractivity contribution in [3.8, 4) is 44.5 Å². The van der Waals surface area contributed by atoms with Crippen molar-refractivity contribution in [2.75, 3.05) is 9.80 Å². The highest BCUT2D eigenvalue weighted by atomic mass is 15.1. The second kappa shape index (κ2) is 14.7. The molecular weight excluding hydrogens is 797 g/mol. The highest BCUT2D eigenvalue weighted by Crippen LogP contribution is 2.64. The van der Waals surface area contributed by atoms with Gasteiger partial charge in [-0.3, -0.25) is 0 Å². The van der Waals surface area contributed by atoms with Gasteiger partial charge in [0.25, 0.3) is 0 Å². The Kier molecular flexibility index (Phi) is 8.51. The quantitative estimate of drug-likeness (QED) is 0.158. The van der Waals surface area contributed by atoms with E-state index < -0.39 is 5.41 Å². The monoisotopic (exact) mass is 842 g/mol. The molecule has 3 aliphatic carbocycles. The summed E-state index contributed by atoms with van der Waals surface area (Å²) >= 11 is 0. The Bertz CT molecular complexity index is 3450. The lowest BCUT2D eigenvalue weighted by Gasteiger charge is -2.33. The average Bonchev–Trinajstić information content (AvgIpc) is 3.93. The zero-order chi connectivity index (χ0) is 44.0. The van der Waals surface area contributed by atoms with Crippen molar-refractivity contribution in [3.63, 3.8) is 0 Å². The molecule has 0 heterocycles. The van der Waals surface area contributed by atoms with Gasteiger partial charge in [0.15, 0.2) is 0 Å². The number of hydrogen-bond donors (Lipinski definition) is 0. The Hall–Kier alpha value is -8.20. The normalized spacial score (nSPS) is 15.3. The third-order valence-electron chi connectivity index (χ3n) is 14.7. The summed E-state index contributed by atoms with van der Waals surface area (Å²) in [5.74, 6) is 0. The highest BCUT2D eigenvalue weighted by Gasteiger charge is 2.52. The first kappa shape index (κ1) is 38.3. The van der Waals surface area contributed by atoms with E-state index in [4.69, 9.17) is 0 Å². The van der Waals surface area contributed by atoms with Crippen LogP contribution in [0.1, 0.15) is 47.2 Å². The van der Waals surface area contributed by atoms with Gasteiger partial charge in [-0.1, -0.05) is 184 Å². The van der Waals surface area contributed by atoms with Gasteiger partial charge >= 0.3 is 0 Å². The maximum Gasteiger partial charge on any atom is 0.0727 e. The fourth-order valence-corrected chi connectivity index (χ4v) is 11.7. The standard InChI is InChI=1S/C64H46N2/c1-63(2)57-27-15-12-26-53(57)56-40-48(36-39-58(56)63)66(47-32-30-44(31-33-47)43-18-6-3-7-19-43)50-35-38-55-52-25-14-17-29-60(52)64(62(55)42-50)59-28-16-13-24-51(59)54-37-34-49(41-61(54)64)65(45-20-8-4-9-21-45)46-22-10-5-11-23-46/h3-42H,1-2H3. The summed E-state index contributed by atoms with van der Waals surface area (Å²) in [6, 6.07) is 90.0. The van der Waals surface area contributed by atoms with Gasteiger partial charge in [-0.15, -0.1) is 0 Å². The Labute approximate surface area is 387 Å². The molecule has 0 aromatic heterocycles. The number of anilines is 6. The van der Waals surface area contributed by atoms with E-state index in [0.717, 1.165) is 34.1 Å². The van der Waals surface area contributed by atoms with Crippen molar-refractivity contribution in [1.29, 1.82) is 0 Å². The largest absolute Gasteiger partial charge is 0.310 e. The van der Waals surface area contributed by atoms with E-state index in [1.807, 2.05) is 0 Å². The van der Waals surface area contributed by atoms with Gasteiger partial charge in [0.1, 0.15) is 0 Å². The van der Waals surface area contributed by atoms with Crippen molar-refractivity contribution >= 4 is 34.1 Å². The molecule has 2 nitrogen and oxygen atoms in total. The summed E-state index contributed by atoms with van der Waals surface area (Å²) in [6.07, 6.45) is 0. The zero-order valence-electron chi connectivity index (χ0n) is 37.0. The summed E-state index contributed by atoms with van der Waals surface area (Å²) in [5, 5.41) is 0. The SMILES string of the molecule is CC1(C)c2ccccc2-c2cc(N(c3ccc(-c4ccccc4)cc3)c3ccc4c(c3)C3(c5ccccc5-c5ccc(N(c6ccccc6)c6ccccc6)cc53)c3ccccc3-4)ccc21. The molecule has 3 aliphatic rings. The topological polar surface area (TPSA) is 6.48 Å². The van der Waals surface area contributed by atoms with Gasteiger partial charge in [-0.05, 0) is 151 Å². The molecule has 10 aromatic rings. The summed E-state index contributed by atoms with van der Waals surface area (Å²) in [4.78, 5) is 4.87. The summed E-state index contributed by atoms with van der Waals surface area (Å²) in [5.41, 5.74) is 24.2. The van der Waals surface area contributed by atoms with Crippen LogP contribution >= 0.6 is 0 Å². The molecule has 0 aliphatic heterocycles. The van der Waals surface area contributed by atoms with Crippen LogP contribution in [-0.2, 0) is 10.8 Å². The number of benzene rings is 10. The van der Waals surface area contributed by atoms with Gasteiger partial charge < -0.3 is 9.80 Å². The fourth-order valence-electron chi connectivity index (χ4n) is 11.7. The third kappa shape index (κ3) is 5.55. The molecule has 1 atom stereocenters. The Morgan fingerprint density at radius 3 is 1.14 bits per heavy atom. The maximum absolute atomic E-state index is 2.51. The van der Waals surface area contributed by atoms with Crippen LogP contribution in [0.2, 0.25) is 0 Å². The van der Waals surface area contributed by atoms with Crippen LogP contribution in [0.3, 0.4) is 0 Å². The Balaban J connectivity index is 1.05. The molecule has 0 amide bonds. The van der Waals surface area contributed by atoms with Crippen molar-refractivity contribution < 1.29 is 0 Å². The van der Waals surface area contributed by atoms with Crippen LogP contribution in [0, 0.1) is 0 Å². The number of nitrogens with zero attached hydrogens (tertiary/aromatic N) is 2. The molecule has 0 saturated heterocycles. The van der Waals surface area contributed by atoms with Gasteiger partial charge in [-0.25, -0.2) is 0 Å². The van der Waals surface area contributed by atoms with E-state index in [1.54, 1.807) is 0 Å². The van der Waals surface area contributed by atoms with Gasteiger partial charge in [-0.2, -0.15) is 0 Å². The van der Waals surface area contributed by atoms with E-state index >= 15 is 0 Å². The predicted molar refractivity (Wildman–Crippen MR) is 275 cm³/mol. The number of hydrogen-bond acceptors (Lipinski definition) is 2. The van der Waals surface area contributed by atoms with Gasteiger partial charge in [0.2, 0.25) is 0 Å². The molecular formula is C64H46N2. The van der Waals surface area contributed by atoms with Crippen molar-refractivity contribution in [2.45, 2.75) is 24.7 Å². The van der Waals surface area contributed by atoms with Crippen LogP contribution in [0.5, 0.6) is 0 Å². The lowest BCUT2D eigenvalue weighted by molar-refractivity contribution is 0.660. The maximum atomic E-state index is 2.51. The molecule has 13 rings (SSSR count). The molecule has 0 radical (unpaired) electrons. The van der Waals surface area contributed by atoms with Gasteiger partial charge in [0.05, 0.1) is 5.41 Å². The number of rotatable bonds is 7. The minimum Gasteiger partial charge on any atom is -0.310 e. The summed E-state index contributed by atoms with van der Waals surface area (Å²) in [6.45, 7) is 4.72. The second-order valence-electron chi connectivity index (χ2n) is 18.5. The van der Waals surface area contributed by atoms with E-state index in [9.17, 15) is 0 Å². The van der Waals surface area contributed by atoms with Gasteiger partial charge in [0, 0.05) is 39.5 Å². The average molecular weight is 843 g/mol. The Morgan fingerprint density at radius 2 is 0.591 bits per heavy atom. The fraction of sp³-hybridized carbons (Fsp3) is 0.0625. The van der Waals surface area contributed by atoms with Crippen molar-refractivity contribution in [2.24, 2.45) is 0 Å². The smallest absolute Gasteiger partial charge is 0.0727 e. The number of para-hydroxylation sites is 2. The van der Waals surface area contributed by atoms with Crippen LogP contribution in [0.15, 0.2) is 243 Å². The molecule has 312 valence electrons. The third-order valence-corrected chi connectivity index (χ3v) is 14.7. The second-order valence-corrected chi connectivity index (χ2v) is 18.5. The van der Waals surface area contributed by atoms with E-state index in [-0.39, 0.29) is 5.41 Å². The first-order valence-corrected chi connectivity index (χ1v) is 23.1. The molecule has 2 heteroatoms. The molecule has 0 bridgehead atoms. The number of fused-ring (bicyclic) bond motifs is 13. The van der Waals surface area contributed by atoms with Crippen LogP contribution < -0.4 is 9.80 Å². The molecule has 1 unspecified atom stereocenters. The highest BCUT2D eigenvalue weighted by molar-refractivity contribution is 5.98. The lowest BCUT2D eigenvalue weighted by Crippen LogP contribution is -2.26. The first-order valence-electron chi connectivity index (χ1n) is 23.1. The first-order chi connectivity index (χ1) is 32.5. The molecule has 10 aromatic carbocycles. The van der Waals surface area contributed by atoms with E-state index in [1.165, 1.54) is 77.9 Å². The molecule has 66 heavy (non-hydrogen) atoms. The van der Waals surface area contributed by atoms with E-state index in [0.29, 0.717) is 0 Å². The molecule has 0 fully saturated rings. The Morgan fingerprint density at radius 1 is 0.242 bits per heavy atom. The molecule has 1 spiro atoms. The summed E-state index contributed by atoms with van der Waals surface area (Å²) < 4.78 is 0. The van der Waals surface area contributed by atoms with Crippen LogP contribution in [-0.4, -0.2) is 0 Å². The van der Waals surface area contributed by atoms with Crippen molar-refractivity contribution in [3.05, 3.63) is 276 Å².